The summed E-state index contributed by atoms with van der Waals surface area (Å²) in [4.78, 5) is 17.3. The minimum absolute atomic E-state index is 0.000741. The van der Waals surface area contributed by atoms with Gasteiger partial charge in [0, 0.05) is 11.8 Å². The molecule has 4 aromatic rings. The average molecular weight is 675 g/mol. The highest BCUT2D eigenvalue weighted by molar-refractivity contribution is 9.10. The first-order chi connectivity index (χ1) is 20.2. The largest absolute Gasteiger partial charge is 0.460 e. The molecule has 0 aromatic carbocycles. The van der Waals surface area contributed by atoms with Gasteiger partial charge in [0.2, 0.25) is 12.0 Å². The van der Waals surface area contributed by atoms with Gasteiger partial charge in [-0.2, -0.15) is 18.7 Å². The van der Waals surface area contributed by atoms with Crippen LogP contribution in [0.1, 0.15) is 46.2 Å². The van der Waals surface area contributed by atoms with Crippen molar-refractivity contribution in [3.8, 4) is 0 Å². The number of hydrogen-bond donors (Lipinski definition) is 3. The van der Waals surface area contributed by atoms with E-state index >= 15 is 0 Å². The third-order valence-corrected chi connectivity index (χ3v) is 8.05. The van der Waals surface area contributed by atoms with Crippen molar-refractivity contribution in [3.05, 3.63) is 46.7 Å². The van der Waals surface area contributed by atoms with Crippen LogP contribution in [0.2, 0.25) is 0 Å². The SMILES string of the molecule is CC[C@H]1OC(=O)[C@H](F)[C@@H]1C.CC[C@H]1OC(O)(c2ccc3c(N)nc(F)nn23)[C@H](F)[C@@H]1C.Nc1nc(F)nn2c(Br)ccc12. The highest BCUT2D eigenvalue weighted by Gasteiger charge is 2.55. The third-order valence-electron chi connectivity index (χ3n) is 7.45. The second kappa shape index (κ2) is 12.6. The molecule has 234 valence electrons. The van der Waals surface area contributed by atoms with Crippen molar-refractivity contribution in [1.82, 2.24) is 29.2 Å². The molecule has 1 unspecified atom stereocenters. The lowest BCUT2D eigenvalue weighted by molar-refractivity contribution is -0.227. The summed E-state index contributed by atoms with van der Waals surface area (Å²) in [6.45, 7) is 7.09. The molecule has 6 rings (SSSR count). The van der Waals surface area contributed by atoms with Gasteiger partial charge < -0.3 is 26.0 Å². The number of aromatic nitrogens is 6. The number of esters is 1. The number of carbonyl (C=O) groups excluding carboxylic acids is 1. The molecule has 12 nitrogen and oxygen atoms in total. The summed E-state index contributed by atoms with van der Waals surface area (Å²) in [5.74, 6) is -3.59. The minimum atomic E-state index is -2.18. The molecule has 0 radical (unpaired) electrons. The highest BCUT2D eigenvalue weighted by Crippen LogP contribution is 2.44. The van der Waals surface area contributed by atoms with Crippen LogP contribution < -0.4 is 11.5 Å². The second-order valence-electron chi connectivity index (χ2n) is 10.2. The summed E-state index contributed by atoms with van der Waals surface area (Å²) >= 11 is 3.19. The molecule has 0 aliphatic carbocycles. The fraction of sp³-hybridized carbons (Fsp3) is 0.500. The van der Waals surface area contributed by atoms with Crippen molar-refractivity contribution in [3.63, 3.8) is 0 Å². The molecule has 7 atom stereocenters. The second-order valence-corrected chi connectivity index (χ2v) is 11.0. The van der Waals surface area contributed by atoms with Crippen LogP contribution in [-0.4, -0.2) is 64.8 Å². The number of halogens is 5. The van der Waals surface area contributed by atoms with Crippen molar-refractivity contribution in [2.24, 2.45) is 11.8 Å². The number of nitrogens with two attached hydrogens (primary N) is 2. The van der Waals surface area contributed by atoms with Crippen molar-refractivity contribution in [1.29, 1.82) is 0 Å². The Labute approximate surface area is 251 Å². The van der Waals surface area contributed by atoms with Crippen molar-refractivity contribution < 1.29 is 36.9 Å². The molecule has 0 spiro atoms. The van der Waals surface area contributed by atoms with Crippen LogP contribution in [-0.2, 0) is 20.1 Å². The molecule has 0 amide bonds. The monoisotopic (exact) mass is 674 g/mol. The quantitative estimate of drug-likeness (QED) is 0.214. The maximum absolute atomic E-state index is 14.5. The maximum Gasteiger partial charge on any atom is 0.341 e. The van der Waals surface area contributed by atoms with Gasteiger partial charge in [-0.15, -0.1) is 10.2 Å². The molecule has 0 saturated carbocycles. The predicted molar refractivity (Wildman–Crippen MR) is 150 cm³/mol. The van der Waals surface area contributed by atoms with Gasteiger partial charge in [-0.05, 0) is 53.0 Å². The molecular formula is C26H31BrF4N8O4. The van der Waals surface area contributed by atoms with Crippen LogP contribution in [0.15, 0.2) is 28.9 Å². The lowest BCUT2D eigenvalue weighted by Gasteiger charge is -2.24. The first-order valence-electron chi connectivity index (χ1n) is 13.4. The van der Waals surface area contributed by atoms with E-state index in [-0.39, 0.29) is 34.9 Å². The van der Waals surface area contributed by atoms with Crippen molar-refractivity contribution >= 4 is 44.6 Å². The van der Waals surface area contributed by atoms with Gasteiger partial charge in [0.15, 0.2) is 17.8 Å². The van der Waals surface area contributed by atoms with E-state index in [1.807, 2.05) is 13.8 Å². The molecule has 2 fully saturated rings. The molecule has 5 N–H and O–H groups in total. The van der Waals surface area contributed by atoms with Gasteiger partial charge >= 0.3 is 18.1 Å². The van der Waals surface area contributed by atoms with Gasteiger partial charge in [-0.25, -0.2) is 22.6 Å². The fourth-order valence-corrected chi connectivity index (χ4v) is 5.41. The van der Waals surface area contributed by atoms with Crippen molar-refractivity contribution in [2.75, 3.05) is 11.5 Å². The van der Waals surface area contributed by atoms with Crippen LogP contribution in [0.25, 0.3) is 11.0 Å². The molecule has 2 saturated heterocycles. The number of hydrogen-bond acceptors (Lipinski definition) is 10. The third kappa shape index (κ3) is 6.10. The standard InChI is InChI=1S/C13H16F2N4O2.C7H11FO2.C6H4BrFN4/c1-3-8-6(2)10(14)13(20,21-8)9-5-4-7-11(16)17-12(15)18-19(7)9;1-3-5-4(2)6(8)7(9)10-5;7-4-2-1-3-5(9)10-6(8)11-12(3)4/h4-6,8,10,20H,3H2,1-2H3,(H2,16,17,18);4-6H,3H2,1-2H3;1-2H,(H2,9,10,11)/t6-,8-,10-,13?;4-,5-,6-;/m11./s1. The Morgan fingerprint density at radius 2 is 1.47 bits per heavy atom. The highest BCUT2D eigenvalue weighted by atomic mass is 79.9. The summed E-state index contributed by atoms with van der Waals surface area (Å²) in [7, 11) is 0. The molecule has 6 heterocycles. The number of aliphatic hydroxyl groups is 1. The number of rotatable bonds is 3. The number of fused-ring (bicyclic) bond motifs is 2. The number of nitrogens with zero attached hydrogens (tertiary/aromatic N) is 6. The van der Waals surface area contributed by atoms with E-state index < -0.39 is 48.3 Å². The number of cyclic esters (lactones) is 1. The Kier molecular flexibility index (Phi) is 9.46. The van der Waals surface area contributed by atoms with Gasteiger partial charge in [-0.1, -0.05) is 27.7 Å². The number of nitrogen functional groups attached to an aromatic ring is 2. The predicted octanol–water partition coefficient (Wildman–Crippen LogP) is 3.89. The molecule has 0 bridgehead atoms. The van der Waals surface area contributed by atoms with E-state index in [0.717, 1.165) is 4.52 Å². The number of carbonyl (C=O) groups is 1. The first-order valence-corrected chi connectivity index (χ1v) is 14.2. The lowest BCUT2D eigenvalue weighted by Crippen LogP contribution is -2.37. The Bertz CT molecular complexity index is 1620. The zero-order chi connectivity index (χ0) is 31.8. The Morgan fingerprint density at radius 3 is 1.95 bits per heavy atom. The number of alkyl halides is 2. The topological polar surface area (TPSA) is 168 Å². The number of anilines is 2. The van der Waals surface area contributed by atoms with E-state index in [2.05, 4.69) is 36.1 Å². The Balaban J connectivity index is 0.000000163. The lowest BCUT2D eigenvalue weighted by atomic mass is 9.95. The minimum Gasteiger partial charge on any atom is -0.460 e. The van der Waals surface area contributed by atoms with E-state index in [9.17, 15) is 27.5 Å². The number of ether oxygens (including phenoxy) is 2. The van der Waals surface area contributed by atoms with Crippen LogP contribution in [0.4, 0.5) is 29.2 Å². The fourth-order valence-electron chi connectivity index (χ4n) is 5.01. The normalized spacial score (nSPS) is 28.4. The summed E-state index contributed by atoms with van der Waals surface area (Å²) in [6, 6.07) is 6.33. The van der Waals surface area contributed by atoms with E-state index in [1.54, 1.807) is 26.0 Å². The molecule has 4 aromatic heterocycles. The average Bonchev–Trinajstić information content (AvgIpc) is 3.68. The van der Waals surface area contributed by atoms with Crippen molar-refractivity contribution in [2.45, 2.75) is 70.9 Å². The molecule has 2 aliphatic rings. The van der Waals surface area contributed by atoms with Crippen LogP contribution in [0.3, 0.4) is 0 Å². The van der Waals surface area contributed by atoms with Gasteiger partial charge in [0.25, 0.3) is 0 Å². The molecule has 2 aliphatic heterocycles. The molecule has 43 heavy (non-hydrogen) atoms. The molecule has 17 heteroatoms. The summed E-state index contributed by atoms with van der Waals surface area (Å²) in [5.41, 5.74) is 11.9. The molecular weight excluding hydrogens is 644 g/mol. The van der Waals surface area contributed by atoms with Crippen LogP contribution in [0, 0.1) is 24.0 Å². The van der Waals surface area contributed by atoms with Gasteiger partial charge in [0.05, 0.1) is 6.10 Å². The smallest absolute Gasteiger partial charge is 0.341 e. The summed E-state index contributed by atoms with van der Waals surface area (Å²) in [6.07, 6.45) is -4.33. The summed E-state index contributed by atoms with van der Waals surface area (Å²) in [5, 5.41) is 17.7. The Morgan fingerprint density at radius 1 is 0.930 bits per heavy atom. The zero-order valence-electron chi connectivity index (χ0n) is 23.6. The van der Waals surface area contributed by atoms with E-state index in [1.165, 1.54) is 16.6 Å². The summed E-state index contributed by atoms with van der Waals surface area (Å²) < 4.78 is 66.4. The van der Waals surface area contributed by atoms with E-state index in [0.29, 0.717) is 23.0 Å². The maximum atomic E-state index is 14.5. The zero-order valence-corrected chi connectivity index (χ0v) is 25.2. The van der Waals surface area contributed by atoms with Gasteiger partial charge in [0.1, 0.15) is 27.4 Å². The first kappa shape index (κ1) is 32.3. The Hall–Kier alpha value is -3.57. The van der Waals surface area contributed by atoms with Gasteiger partial charge in [-0.3, -0.25) is 0 Å². The van der Waals surface area contributed by atoms with Crippen LogP contribution >= 0.6 is 15.9 Å². The van der Waals surface area contributed by atoms with Crippen LogP contribution in [0.5, 0.6) is 0 Å². The van der Waals surface area contributed by atoms with E-state index in [4.69, 9.17) is 20.9 Å².